The normalized spacial score (nSPS) is 12.1. The Bertz CT molecular complexity index is 864. The van der Waals surface area contributed by atoms with E-state index in [-0.39, 0.29) is 17.7 Å². The van der Waals surface area contributed by atoms with E-state index in [4.69, 9.17) is 4.74 Å². The van der Waals surface area contributed by atoms with Gasteiger partial charge in [-0.15, -0.1) is 0 Å². The molecule has 0 aliphatic heterocycles. The van der Waals surface area contributed by atoms with Crippen molar-refractivity contribution in [3.63, 3.8) is 0 Å². The summed E-state index contributed by atoms with van der Waals surface area (Å²) in [5, 5.41) is 6.77. The van der Waals surface area contributed by atoms with Crippen molar-refractivity contribution >= 4 is 34.0 Å². The molecule has 2 amide bonds. The molecule has 0 heterocycles. The molecule has 0 aromatic heterocycles. The largest absolute Gasteiger partial charge is 0.496 e. The smallest absolute Gasteiger partial charge is 0.262 e. The van der Waals surface area contributed by atoms with E-state index >= 15 is 0 Å². The molecule has 0 saturated carbocycles. The molecule has 2 aromatic rings. The Hall–Kier alpha value is -2.67. The molecule has 0 spiro atoms. The predicted molar refractivity (Wildman–Crippen MR) is 114 cm³/mol. The summed E-state index contributed by atoms with van der Waals surface area (Å²) >= 11 is 3.40. The highest BCUT2D eigenvalue weighted by atomic mass is 79.9. The van der Waals surface area contributed by atoms with E-state index in [9.17, 15) is 9.59 Å². The van der Waals surface area contributed by atoms with Crippen LogP contribution in [0.4, 0.5) is 0 Å². The maximum Gasteiger partial charge on any atom is 0.262 e. The van der Waals surface area contributed by atoms with Crippen LogP contribution in [0.2, 0.25) is 0 Å². The van der Waals surface area contributed by atoms with Gasteiger partial charge in [0.25, 0.3) is 11.8 Å². The van der Waals surface area contributed by atoms with Crippen molar-refractivity contribution in [2.24, 2.45) is 11.0 Å². The summed E-state index contributed by atoms with van der Waals surface area (Å²) in [6.07, 6.45) is 1.53. The quantitative estimate of drug-likeness (QED) is 0.503. The highest BCUT2D eigenvalue weighted by Crippen LogP contribution is 2.24. The fraction of sp³-hybridized carbons (Fsp3) is 0.286. The summed E-state index contributed by atoms with van der Waals surface area (Å²) in [6.45, 7) is 5.68. The van der Waals surface area contributed by atoms with E-state index in [0.717, 1.165) is 15.6 Å². The molecule has 1 atom stereocenters. The Labute approximate surface area is 173 Å². The van der Waals surface area contributed by atoms with Crippen LogP contribution in [0.15, 0.2) is 52.0 Å². The molecule has 1 unspecified atom stereocenters. The summed E-state index contributed by atoms with van der Waals surface area (Å²) in [7, 11) is 1.59. The number of nitrogens with zero attached hydrogens (tertiary/aromatic N) is 1. The van der Waals surface area contributed by atoms with Gasteiger partial charge in [0.2, 0.25) is 0 Å². The lowest BCUT2D eigenvalue weighted by Crippen LogP contribution is -2.48. The van der Waals surface area contributed by atoms with Crippen LogP contribution in [0.1, 0.15) is 35.3 Å². The summed E-state index contributed by atoms with van der Waals surface area (Å²) in [5.74, 6) is -0.0594. The first-order valence-corrected chi connectivity index (χ1v) is 9.65. The van der Waals surface area contributed by atoms with Crippen LogP contribution in [0.3, 0.4) is 0 Å². The Morgan fingerprint density at radius 2 is 1.82 bits per heavy atom. The molecule has 0 aliphatic rings. The number of nitrogens with one attached hydrogen (secondary N) is 2. The Morgan fingerprint density at radius 3 is 2.39 bits per heavy atom. The zero-order valence-electron chi connectivity index (χ0n) is 16.3. The lowest BCUT2D eigenvalue weighted by molar-refractivity contribution is -0.123. The highest BCUT2D eigenvalue weighted by Gasteiger charge is 2.24. The van der Waals surface area contributed by atoms with Gasteiger partial charge in [-0.25, -0.2) is 5.43 Å². The molecular formula is C21H24BrN3O3. The molecule has 0 aliphatic carbocycles. The number of carbonyl (C=O) groups is 2. The van der Waals surface area contributed by atoms with Gasteiger partial charge in [-0.1, -0.05) is 31.5 Å². The minimum atomic E-state index is -0.700. The van der Waals surface area contributed by atoms with Gasteiger partial charge >= 0.3 is 0 Å². The fourth-order valence-electron chi connectivity index (χ4n) is 2.47. The maximum atomic E-state index is 12.5. The number of halogens is 1. The van der Waals surface area contributed by atoms with E-state index in [0.29, 0.717) is 11.3 Å². The van der Waals surface area contributed by atoms with E-state index in [1.807, 2.05) is 45.0 Å². The number of methoxy groups -OCH3 is 1. The molecule has 2 rings (SSSR count). The van der Waals surface area contributed by atoms with Crippen molar-refractivity contribution in [1.29, 1.82) is 0 Å². The molecule has 0 radical (unpaired) electrons. The molecular weight excluding hydrogens is 422 g/mol. The molecule has 0 saturated heterocycles. The zero-order chi connectivity index (χ0) is 20.7. The fourth-order valence-corrected chi connectivity index (χ4v) is 3.03. The Balaban J connectivity index is 2.01. The average molecular weight is 446 g/mol. The number of benzene rings is 2. The summed E-state index contributed by atoms with van der Waals surface area (Å²) in [5.41, 5.74) is 4.86. The van der Waals surface area contributed by atoms with Gasteiger partial charge < -0.3 is 10.1 Å². The van der Waals surface area contributed by atoms with Crippen LogP contribution in [0, 0.1) is 12.8 Å². The first kappa shape index (κ1) is 21.6. The van der Waals surface area contributed by atoms with E-state index in [1.54, 1.807) is 25.3 Å². The van der Waals surface area contributed by atoms with Crippen LogP contribution in [0.5, 0.6) is 5.75 Å². The van der Waals surface area contributed by atoms with Crippen molar-refractivity contribution in [1.82, 2.24) is 10.7 Å². The molecule has 148 valence electrons. The van der Waals surface area contributed by atoms with Crippen LogP contribution in [-0.4, -0.2) is 31.2 Å². The highest BCUT2D eigenvalue weighted by molar-refractivity contribution is 9.10. The van der Waals surface area contributed by atoms with Gasteiger partial charge in [0.1, 0.15) is 11.8 Å². The number of rotatable bonds is 7. The molecule has 7 heteroatoms. The van der Waals surface area contributed by atoms with Gasteiger partial charge in [0.05, 0.1) is 17.8 Å². The van der Waals surface area contributed by atoms with Crippen molar-refractivity contribution in [2.75, 3.05) is 7.11 Å². The van der Waals surface area contributed by atoms with E-state index in [2.05, 4.69) is 31.8 Å². The first-order chi connectivity index (χ1) is 13.3. The zero-order valence-corrected chi connectivity index (χ0v) is 17.9. The number of hydrogen-bond donors (Lipinski definition) is 2. The third-order valence-corrected chi connectivity index (χ3v) is 4.73. The topological polar surface area (TPSA) is 79.8 Å². The number of hydrogen-bond acceptors (Lipinski definition) is 4. The Morgan fingerprint density at radius 1 is 1.14 bits per heavy atom. The second kappa shape index (κ2) is 10.0. The second-order valence-electron chi connectivity index (χ2n) is 6.69. The molecule has 0 bridgehead atoms. The minimum Gasteiger partial charge on any atom is -0.496 e. The molecule has 28 heavy (non-hydrogen) atoms. The van der Waals surface area contributed by atoms with E-state index in [1.165, 1.54) is 6.21 Å². The Kier molecular flexibility index (Phi) is 7.75. The van der Waals surface area contributed by atoms with Crippen LogP contribution >= 0.6 is 15.9 Å². The van der Waals surface area contributed by atoms with Gasteiger partial charge in [-0.05, 0) is 64.7 Å². The maximum absolute atomic E-state index is 12.5. The standard InChI is InChI=1S/C21H24BrN3O3/c1-13(2)19(24-20(26)16-8-5-14(3)6-9-16)21(27)25-23-12-15-7-10-18(28-4)17(22)11-15/h5-13,19H,1-4H3,(H,24,26)(H,25,27)/b23-12-. The number of amides is 2. The van der Waals surface area contributed by atoms with Crippen molar-refractivity contribution in [2.45, 2.75) is 26.8 Å². The third-order valence-electron chi connectivity index (χ3n) is 4.11. The predicted octanol–water partition coefficient (Wildman–Crippen LogP) is 3.67. The minimum absolute atomic E-state index is 0.0975. The molecule has 6 nitrogen and oxygen atoms in total. The molecule has 0 fully saturated rings. The van der Waals surface area contributed by atoms with Crippen LogP contribution < -0.4 is 15.5 Å². The number of aryl methyl sites for hydroxylation is 1. The number of ether oxygens (including phenoxy) is 1. The van der Waals surface area contributed by atoms with Gasteiger partial charge in [0.15, 0.2) is 0 Å². The third kappa shape index (κ3) is 5.92. The number of hydrazone groups is 1. The SMILES string of the molecule is COc1ccc(/C=N\NC(=O)C(NC(=O)c2ccc(C)cc2)C(C)C)cc1Br. The molecule has 2 aromatic carbocycles. The van der Waals surface area contributed by atoms with Crippen molar-refractivity contribution in [3.05, 3.63) is 63.6 Å². The number of carbonyl (C=O) groups excluding carboxylic acids is 2. The lowest BCUT2D eigenvalue weighted by Gasteiger charge is -2.20. The second-order valence-corrected chi connectivity index (χ2v) is 7.54. The summed E-state index contributed by atoms with van der Waals surface area (Å²) in [6, 6.07) is 11.9. The molecule has 2 N–H and O–H groups in total. The van der Waals surface area contributed by atoms with Gasteiger partial charge in [-0.2, -0.15) is 5.10 Å². The van der Waals surface area contributed by atoms with Crippen LogP contribution in [-0.2, 0) is 4.79 Å². The van der Waals surface area contributed by atoms with Gasteiger partial charge in [0, 0.05) is 5.56 Å². The monoisotopic (exact) mass is 445 g/mol. The first-order valence-electron chi connectivity index (χ1n) is 8.85. The average Bonchev–Trinajstić information content (AvgIpc) is 2.66. The summed E-state index contributed by atoms with van der Waals surface area (Å²) in [4.78, 5) is 24.9. The van der Waals surface area contributed by atoms with E-state index < -0.39 is 6.04 Å². The summed E-state index contributed by atoms with van der Waals surface area (Å²) < 4.78 is 5.97. The van der Waals surface area contributed by atoms with Crippen molar-refractivity contribution < 1.29 is 14.3 Å². The van der Waals surface area contributed by atoms with Gasteiger partial charge in [-0.3, -0.25) is 9.59 Å². The lowest BCUT2D eigenvalue weighted by atomic mass is 10.0. The van der Waals surface area contributed by atoms with Crippen LogP contribution in [0.25, 0.3) is 0 Å². The van der Waals surface area contributed by atoms with Crippen molar-refractivity contribution in [3.8, 4) is 5.75 Å².